The predicted octanol–water partition coefficient (Wildman–Crippen LogP) is 3.56. The lowest BCUT2D eigenvalue weighted by Crippen LogP contribution is -2.62. The average molecular weight is 379 g/mol. The van der Waals surface area contributed by atoms with Gasteiger partial charge in [0.15, 0.2) is 0 Å². The Bertz CT molecular complexity index is 584. The van der Waals surface area contributed by atoms with Crippen LogP contribution in [0.3, 0.4) is 0 Å². The Balaban J connectivity index is 1.55. The average Bonchev–Trinajstić information content (AvgIpc) is 2.92. The van der Waals surface area contributed by atoms with Crippen molar-refractivity contribution >= 4 is 6.21 Å². The Kier molecular flexibility index (Phi) is 5.09. The van der Waals surface area contributed by atoms with Crippen molar-refractivity contribution in [3.8, 4) is 0 Å². The fourth-order valence-corrected chi connectivity index (χ4v) is 7.93. The van der Waals surface area contributed by atoms with E-state index in [1.165, 1.54) is 19.3 Å². The van der Waals surface area contributed by atoms with Crippen molar-refractivity contribution in [2.24, 2.45) is 45.4 Å². The van der Waals surface area contributed by atoms with Crippen LogP contribution in [0.5, 0.6) is 0 Å². The largest absolute Gasteiger partial charge is 0.411 e. The molecule has 154 valence electrons. The topological polar surface area (TPSA) is 88.1 Å². The molecule has 0 spiro atoms. The zero-order valence-electron chi connectivity index (χ0n) is 17.1. The van der Waals surface area contributed by atoms with E-state index in [1.807, 2.05) is 0 Å². The van der Waals surface area contributed by atoms with Crippen LogP contribution in [-0.4, -0.2) is 41.4 Å². The van der Waals surface area contributed by atoms with Gasteiger partial charge in [0.25, 0.3) is 0 Å². The lowest BCUT2D eigenvalue weighted by molar-refractivity contribution is -0.207. The molecule has 5 nitrogen and oxygen atoms in total. The minimum absolute atomic E-state index is 0.148. The van der Waals surface area contributed by atoms with Crippen molar-refractivity contribution in [3.63, 3.8) is 0 Å². The van der Waals surface area contributed by atoms with Gasteiger partial charge in [-0.3, -0.25) is 0 Å². The molecule has 0 aliphatic heterocycles. The number of nitrogens with zero attached hydrogens (tertiary/aromatic N) is 1. The van der Waals surface area contributed by atoms with Crippen LogP contribution in [0.2, 0.25) is 0 Å². The van der Waals surface area contributed by atoms with Crippen molar-refractivity contribution < 1.29 is 15.1 Å². The molecule has 3 unspecified atom stereocenters. The van der Waals surface area contributed by atoms with Crippen molar-refractivity contribution in [2.45, 2.75) is 83.3 Å². The van der Waals surface area contributed by atoms with Crippen molar-refractivity contribution in [2.75, 3.05) is 13.2 Å². The van der Waals surface area contributed by atoms with Crippen LogP contribution in [0.25, 0.3) is 0 Å². The van der Waals surface area contributed by atoms with Crippen molar-refractivity contribution in [3.05, 3.63) is 0 Å². The fraction of sp³-hybridized carbons (Fsp3) is 0.955. The third-order valence-corrected chi connectivity index (χ3v) is 9.59. The lowest BCUT2D eigenvalue weighted by Gasteiger charge is -2.63. The SMILES string of the molecule is C[C@]12CCC(OCCN)CC1CC[C@@H]1[C@H]2CC[C@]2(C)C(/C=N/O)CC[C@@]12O. The maximum atomic E-state index is 12.0. The highest BCUT2D eigenvalue weighted by Crippen LogP contribution is 2.68. The monoisotopic (exact) mass is 378 g/mol. The molecular weight excluding hydrogens is 340 g/mol. The zero-order valence-corrected chi connectivity index (χ0v) is 17.1. The molecular formula is C22H38N2O3. The van der Waals surface area contributed by atoms with Gasteiger partial charge in [-0.05, 0) is 81.0 Å². The number of ether oxygens (including phenoxy) is 1. The summed E-state index contributed by atoms with van der Waals surface area (Å²) in [5.74, 6) is 1.89. The first-order valence-electron chi connectivity index (χ1n) is 11.1. The molecule has 0 aromatic rings. The second kappa shape index (κ2) is 7.00. The van der Waals surface area contributed by atoms with E-state index in [4.69, 9.17) is 15.7 Å². The maximum Gasteiger partial charge on any atom is 0.0738 e. The Morgan fingerprint density at radius 1 is 1.07 bits per heavy atom. The molecule has 0 radical (unpaired) electrons. The van der Waals surface area contributed by atoms with Gasteiger partial charge in [-0.1, -0.05) is 13.8 Å². The first kappa shape index (κ1) is 19.7. The van der Waals surface area contributed by atoms with E-state index in [1.54, 1.807) is 6.21 Å². The Morgan fingerprint density at radius 3 is 2.63 bits per heavy atom. The summed E-state index contributed by atoms with van der Waals surface area (Å²) in [6, 6.07) is 0. The molecule has 0 aromatic heterocycles. The Morgan fingerprint density at radius 2 is 1.89 bits per heavy atom. The van der Waals surface area contributed by atoms with Gasteiger partial charge in [-0.2, -0.15) is 0 Å². The summed E-state index contributed by atoms with van der Waals surface area (Å²) >= 11 is 0. The van der Waals surface area contributed by atoms with Crippen LogP contribution in [0.1, 0.15) is 71.6 Å². The number of fused-ring (bicyclic) bond motifs is 5. The van der Waals surface area contributed by atoms with Crippen LogP contribution >= 0.6 is 0 Å². The standard InChI is InChI=1S/C22H38N2O3/c1-20-8-6-17(27-12-11-23)13-15(20)3-4-19-18(20)7-9-21(2)16(14-24-26)5-10-22(19,21)25/h14-19,25-26H,3-13,23H2,1-2H3/b24-14+/t15?,16?,17?,18-,19-,20+,21-,22-/m1/s1. The van der Waals surface area contributed by atoms with Crippen molar-refractivity contribution in [1.29, 1.82) is 0 Å². The molecule has 8 atom stereocenters. The Labute approximate surface area is 163 Å². The van der Waals surface area contributed by atoms with Crippen LogP contribution in [0, 0.1) is 34.5 Å². The van der Waals surface area contributed by atoms with E-state index in [2.05, 4.69) is 19.0 Å². The first-order chi connectivity index (χ1) is 12.9. The van der Waals surface area contributed by atoms with Gasteiger partial charge in [0.2, 0.25) is 0 Å². The first-order valence-corrected chi connectivity index (χ1v) is 11.1. The predicted molar refractivity (Wildman–Crippen MR) is 106 cm³/mol. The summed E-state index contributed by atoms with van der Waals surface area (Å²) in [5, 5.41) is 24.4. The highest BCUT2D eigenvalue weighted by Gasteiger charge is 2.66. The lowest BCUT2D eigenvalue weighted by atomic mass is 9.43. The van der Waals surface area contributed by atoms with E-state index in [9.17, 15) is 5.11 Å². The summed E-state index contributed by atoms with van der Waals surface area (Å²) in [4.78, 5) is 0. The van der Waals surface area contributed by atoms with E-state index in [0.29, 0.717) is 42.4 Å². The van der Waals surface area contributed by atoms with E-state index in [0.717, 1.165) is 38.5 Å². The number of hydrogen-bond donors (Lipinski definition) is 3. The van der Waals surface area contributed by atoms with Gasteiger partial charge < -0.3 is 20.8 Å². The third kappa shape index (κ3) is 2.79. The molecule has 0 saturated heterocycles. The second-order valence-electron chi connectivity index (χ2n) is 10.3. The molecule has 4 saturated carbocycles. The fourth-order valence-electron chi connectivity index (χ4n) is 7.93. The highest BCUT2D eigenvalue weighted by atomic mass is 16.5. The molecule has 5 heteroatoms. The minimum atomic E-state index is -0.608. The smallest absolute Gasteiger partial charge is 0.0738 e. The molecule has 4 fully saturated rings. The number of hydrogen-bond acceptors (Lipinski definition) is 5. The van der Waals surface area contributed by atoms with Crippen LogP contribution in [0.4, 0.5) is 0 Å². The van der Waals surface area contributed by atoms with E-state index in [-0.39, 0.29) is 11.3 Å². The molecule has 0 bridgehead atoms. The molecule has 0 aromatic carbocycles. The normalized spacial score (nSPS) is 52.4. The van der Waals surface area contributed by atoms with Gasteiger partial charge in [0, 0.05) is 24.1 Å². The Hall–Kier alpha value is -0.650. The zero-order chi connectivity index (χ0) is 19.3. The molecule has 27 heavy (non-hydrogen) atoms. The van der Waals surface area contributed by atoms with Gasteiger partial charge >= 0.3 is 0 Å². The molecule has 4 aliphatic carbocycles. The van der Waals surface area contributed by atoms with E-state index >= 15 is 0 Å². The molecule has 4 rings (SSSR count). The van der Waals surface area contributed by atoms with Crippen LogP contribution < -0.4 is 5.73 Å². The number of rotatable bonds is 4. The quantitative estimate of drug-likeness (QED) is 0.396. The molecule has 4 aliphatic rings. The summed E-state index contributed by atoms with van der Waals surface area (Å²) in [7, 11) is 0. The van der Waals surface area contributed by atoms with E-state index < -0.39 is 5.60 Å². The summed E-state index contributed by atoms with van der Waals surface area (Å²) < 4.78 is 6.00. The van der Waals surface area contributed by atoms with Crippen LogP contribution in [-0.2, 0) is 4.74 Å². The summed E-state index contributed by atoms with van der Waals surface area (Å²) in [5.41, 5.74) is 5.19. The summed E-state index contributed by atoms with van der Waals surface area (Å²) in [6.45, 7) is 6.02. The third-order valence-electron chi connectivity index (χ3n) is 9.59. The van der Waals surface area contributed by atoms with Gasteiger partial charge in [0.1, 0.15) is 0 Å². The maximum absolute atomic E-state index is 12.0. The van der Waals surface area contributed by atoms with Gasteiger partial charge in [-0.25, -0.2) is 0 Å². The van der Waals surface area contributed by atoms with Gasteiger partial charge in [-0.15, -0.1) is 5.16 Å². The minimum Gasteiger partial charge on any atom is -0.411 e. The number of oxime groups is 1. The van der Waals surface area contributed by atoms with Crippen LogP contribution in [0.15, 0.2) is 5.16 Å². The number of nitrogens with two attached hydrogens (primary N) is 1. The highest BCUT2D eigenvalue weighted by molar-refractivity contribution is 5.62. The molecule has 4 N–H and O–H groups in total. The molecule has 0 heterocycles. The number of aliphatic hydroxyl groups is 1. The van der Waals surface area contributed by atoms with Gasteiger partial charge in [0.05, 0.1) is 18.3 Å². The second-order valence-corrected chi connectivity index (χ2v) is 10.3. The molecule has 0 amide bonds. The van der Waals surface area contributed by atoms with Crippen molar-refractivity contribution in [1.82, 2.24) is 0 Å². The summed E-state index contributed by atoms with van der Waals surface area (Å²) in [6.07, 6.45) is 11.9.